The third kappa shape index (κ3) is 7.67. The largest absolute Gasteiger partial charge is 0.550 e. The Morgan fingerprint density at radius 3 is 2.13 bits per heavy atom. The molecule has 0 aliphatic heterocycles. The summed E-state index contributed by atoms with van der Waals surface area (Å²) < 4.78 is 2.22. The van der Waals surface area contributed by atoms with Crippen molar-refractivity contribution < 1.29 is 14.5 Å². The van der Waals surface area contributed by atoms with Gasteiger partial charge in [0.2, 0.25) is 0 Å². The molecule has 0 aliphatic rings. The minimum Gasteiger partial charge on any atom is -0.550 e. The predicted octanol–water partition coefficient (Wildman–Crippen LogP) is 0.703. The van der Waals surface area contributed by atoms with Crippen molar-refractivity contribution in [1.29, 1.82) is 0 Å². The quantitative estimate of drug-likeness (QED) is 0.688. The molecule has 3 nitrogen and oxygen atoms in total. The first-order valence-corrected chi connectivity index (χ1v) is 5.25. The monoisotopic (exact) mass is 209 g/mol. The standard InChI is InChI=1S/C10H16N.C2H4O2/c1-3-7-11-8-5-10(4-2)6-9-11;1-2(3)4/h5-6,8-9H,3-4,7H2,1-2H3;1H3,(H,3,4)/q+1;/p-1. The number of aromatic nitrogens is 1. The highest BCUT2D eigenvalue weighted by Crippen LogP contribution is 1.94. The SMILES string of the molecule is CC(=O)[O-].CCC[n+]1ccc(CC)cc1. The molecule has 1 rings (SSSR count). The topological polar surface area (TPSA) is 44.0 Å². The highest BCUT2D eigenvalue weighted by molar-refractivity contribution is 5.60. The van der Waals surface area contributed by atoms with Gasteiger partial charge in [-0.25, -0.2) is 4.57 Å². The van der Waals surface area contributed by atoms with Crippen LogP contribution in [0.5, 0.6) is 0 Å². The third-order valence-electron chi connectivity index (χ3n) is 1.85. The van der Waals surface area contributed by atoms with Crippen molar-refractivity contribution in [1.82, 2.24) is 0 Å². The first-order chi connectivity index (χ1) is 7.10. The highest BCUT2D eigenvalue weighted by Gasteiger charge is 1.96. The maximum atomic E-state index is 8.89. The van der Waals surface area contributed by atoms with Crippen LogP contribution in [-0.4, -0.2) is 5.97 Å². The van der Waals surface area contributed by atoms with E-state index < -0.39 is 5.97 Å². The van der Waals surface area contributed by atoms with Crippen LogP contribution in [0.25, 0.3) is 0 Å². The Morgan fingerprint density at radius 1 is 1.33 bits per heavy atom. The molecule has 0 radical (unpaired) electrons. The van der Waals surface area contributed by atoms with E-state index in [4.69, 9.17) is 9.90 Å². The van der Waals surface area contributed by atoms with Gasteiger partial charge < -0.3 is 9.90 Å². The molecule has 0 bridgehead atoms. The number of nitrogens with zero attached hydrogens (tertiary/aromatic N) is 1. The minimum absolute atomic E-state index is 0.972. The maximum absolute atomic E-state index is 8.89. The van der Waals surface area contributed by atoms with Crippen LogP contribution in [0.3, 0.4) is 0 Å². The van der Waals surface area contributed by atoms with E-state index in [1.54, 1.807) is 0 Å². The van der Waals surface area contributed by atoms with Gasteiger partial charge in [-0.1, -0.05) is 13.8 Å². The average Bonchev–Trinajstić information content (AvgIpc) is 2.19. The van der Waals surface area contributed by atoms with Gasteiger partial charge in [-0.3, -0.25) is 0 Å². The fraction of sp³-hybridized carbons (Fsp3) is 0.500. The summed E-state index contributed by atoms with van der Waals surface area (Å²) in [4.78, 5) is 8.89. The van der Waals surface area contributed by atoms with Crippen molar-refractivity contribution >= 4 is 5.97 Å². The molecule has 0 aliphatic carbocycles. The van der Waals surface area contributed by atoms with Crippen molar-refractivity contribution in [2.75, 3.05) is 0 Å². The van der Waals surface area contributed by atoms with E-state index in [1.807, 2.05) is 0 Å². The summed E-state index contributed by atoms with van der Waals surface area (Å²) in [6.07, 6.45) is 6.65. The molecule has 3 heteroatoms. The van der Waals surface area contributed by atoms with Crippen LogP contribution in [-0.2, 0) is 17.8 Å². The normalized spacial score (nSPS) is 9.00. The molecule has 0 atom stereocenters. The minimum atomic E-state index is -1.08. The number of hydrogen-bond acceptors (Lipinski definition) is 2. The van der Waals surface area contributed by atoms with Gasteiger partial charge >= 0.3 is 0 Å². The van der Waals surface area contributed by atoms with E-state index in [1.165, 1.54) is 12.0 Å². The van der Waals surface area contributed by atoms with Crippen molar-refractivity contribution in [3.63, 3.8) is 0 Å². The summed E-state index contributed by atoms with van der Waals surface area (Å²) in [5.41, 5.74) is 1.41. The summed E-state index contributed by atoms with van der Waals surface area (Å²) in [6.45, 7) is 6.48. The van der Waals surface area contributed by atoms with Crippen LogP contribution in [0.4, 0.5) is 0 Å². The molecule has 84 valence electrons. The Kier molecular flexibility index (Phi) is 7.24. The summed E-state index contributed by atoms with van der Waals surface area (Å²) in [7, 11) is 0. The van der Waals surface area contributed by atoms with E-state index in [0.717, 1.165) is 19.9 Å². The Hall–Kier alpha value is -1.38. The fourth-order valence-electron chi connectivity index (χ4n) is 1.13. The number of hydrogen-bond donors (Lipinski definition) is 0. The molecular formula is C12H19NO2. The third-order valence-corrected chi connectivity index (χ3v) is 1.85. The number of pyridine rings is 1. The lowest BCUT2D eigenvalue weighted by Gasteiger charge is -1.94. The molecule has 0 aromatic carbocycles. The Morgan fingerprint density at radius 2 is 1.80 bits per heavy atom. The van der Waals surface area contributed by atoms with E-state index in [9.17, 15) is 0 Å². The number of carboxylic acids is 1. The average molecular weight is 209 g/mol. The Bertz CT molecular complexity index is 276. The fourth-order valence-corrected chi connectivity index (χ4v) is 1.13. The van der Waals surface area contributed by atoms with Gasteiger partial charge in [0.25, 0.3) is 0 Å². The zero-order valence-corrected chi connectivity index (χ0v) is 9.69. The number of carboxylic acid groups (broad SMARTS) is 1. The highest BCUT2D eigenvalue weighted by atomic mass is 16.4. The number of rotatable bonds is 3. The second-order valence-electron chi connectivity index (χ2n) is 3.29. The lowest BCUT2D eigenvalue weighted by atomic mass is 10.2. The summed E-state index contributed by atoms with van der Waals surface area (Å²) in [5, 5.41) is 8.89. The Labute approximate surface area is 91.4 Å². The van der Waals surface area contributed by atoms with Crippen LogP contribution in [0.15, 0.2) is 24.5 Å². The van der Waals surface area contributed by atoms with Gasteiger partial charge in [-0.2, -0.15) is 0 Å². The van der Waals surface area contributed by atoms with E-state index in [2.05, 4.69) is 42.9 Å². The zero-order valence-electron chi connectivity index (χ0n) is 9.69. The molecule has 15 heavy (non-hydrogen) atoms. The van der Waals surface area contributed by atoms with E-state index in [0.29, 0.717) is 0 Å². The molecule has 1 heterocycles. The van der Waals surface area contributed by atoms with Gasteiger partial charge in [0.15, 0.2) is 12.4 Å². The van der Waals surface area contributed by atoms with Crippen LogP contribution >= 0.6 is 0 Å². The van der Waals surface area contributed by atoms with Crippen LogP contribution in [0.1, 0.15) is 32.8 Å². The van der Waals surface area contributed by atoms with Crippen molar-refractivity contribution in [2.24, 2.45) is 0 Å². The summed E-state index contributed by atoms with van der Waals surface area (Å²) in [6, 6.07) is 4.38. The van der Waals surface area contributed by atoms with E-state index >= 15 is 0 Å². The Balaban J connectivity index is 0.000000423. The van der Waals surface area contributed by atoms with Gasteiger partial charge in [-0.05, 0) is 18.9 Å². The van der Waals surface area contributed by atoms with Gasteiger partial charge in [0.1, 0.15) is 6.54 Å². The molecule has 0 saturated carbocycles. The zero-order chi connectivity index (χ0) is 11.7. The molecular weight excluding hydrogens is 190 g/mol. The second kappa shape index (κ2) is 7.97. The number of carbonyl (C=O) groups excluding carboxylic acids is 1. The molecule has 1 aromatic rings. The summed E-state index contributed by atoms with van der Waals surface area (Å²) in [5.74, 6) is -1.08. The number of aryl methyl sites for hydroxylation is 2. The molecule has 0 saturated heterocycles. The van der Waals surface area contributed by atoms with Gasteiger partial charge in [0.05, 0.1) is 0 Å². The maximum Gasteiger partial charge on any atom is 0.169 e. The first kappa shape index (κ1) is 13.6. The van der Waals surface area contributed by atoms with Crippen LogP contribution in [0, 0.1) is 0 Å². The molecule has 0 N–H and O–H groups in total. The summed E-state index contributed by atoms with van der Waals surface area (Å²) >= 11 is 0. The molecule has 0 unspecified atom stereocenters. The van der Waals surface area contributed by atoms with Gasteiger partial charge in [-0.15, -0.1) is 0 Å². The second-order valence-corrected chi connectivity index (χ2v) is 3.29. The number of carbonyl (C=O) groups is 1. The predicted molar refractivity (Wildman–Crippen MR) is 57.0 cm³/mol. The molecule has 0 fully saturated rings. The lowest BCUT2D eigenvalue weighted by molar-refractivity contribution is -0.697. The van der Waals surface area contributed by atoms with Crippen LogP contribution in [0.2, 0.25) is 0 Å². The van der Waals surface area contributed by atoms with Crippen molar-refractivity contribution in [3.05, 3.63) is 30.1 Å². The van der Waals surface area contributed by atoms with Gasteiger partial charge in [0, 0.05) is 24.5 Å². The van der Waals surface area contributed by atoms with Crippen LogP contribution < -0.4 is 9.67 Å². The lowest BCUT2D eigenvalue weighted by Crippen LogP contribution is -2.32. The number of aliphatic carboxylic acids is 1. The molecule has 0 spiro atoms. The van der Waals surface area contributed by atoms with Crippen molar-refractivity contribution in [3.8, 4) is 0 Å². The van der Waals surface area contributed by atoms with E-state index in [-0.39, 0.29) is 0 Å². The molecule has 0 amide bonds. The first-order valence-electron chi connectivity index (χ1n) is 5.25. The van der Waals surface area contributed by atoms with Crippen molar-refractivity contribution in [2.45, 2.75) is 40.2 Å². The molecule has 1 aromatic heterocycles. The smallest absolute Gasteiger partial charge is 0.169 e.